The van der Waals surface area contributed by atoms with Crippen LogP contribution in [0.4, 0.5) is 5.69 Å². The minimum atomic E-state index is 0.452. The van der Waals surface area contributed by atoms with Crippen molar-refractivity contribution in [3.8, 4) is 0 Å². The maximum absolute atomic E-state index is 5.82. The molecule has 4 heteroatoms. The second kappa shape index (κ2) is 5.38. The zero-order valence-corrected chi connectivity index (χ0v) is 12.4. The number of hydrogen-bond donors (Lipinski definition) is 2. The Hall–Kier alpha value is -1.65. The van der Waals surface area contributed by atoms with Gasteiger partial charge in [-0.25, -0.2) is 0 Å². The molecule has 1 saturated heterocycles. The lowest BCUT2D eigenvalue weighted by atomic mass is 10.0. The first kappa shape index (κ1) is 13.3. The van der Waals surface area contributed by atoms with Gasteiger partial charge < -0.3 is 16.0 Å². The number of benzene rings is 2. The molecule has 0 aromatic heterocycles. The van der Waals surface area contributed by atoms with Crippen molar-refractivity contribution in [1.82, 2.24) is 4.90 Å². The molecular formula is C16H19N3S. The number of thiocarbonyl (C=S) groups is 1. The number of likely N-dealkylation sites (N-methyl/N-ethyl adjacent to an activating group) is 1. The summed E-state index contributed by atoms with van der Waals surface area (Å²) in [5.41, 5.74) is 7.93. The zero-order chi connectivity index (χ0) is 14.1. The maximum atomic E-state index is 5.82. The third-order valence-electron chi connectivity index (χ3n) is 3.94. The summed E-state index contributed by atoms with van der Waals surface area (Å²) in [5, 5.41) is 5.96. The Morgan fingerprint density at radius 2 is 2.00 bits per heavy atom. The Bertz CT molecular complexity index is 653. The Kier molecular flexibility index (Phi) is 3.59. The molecule has 3 rings (SSSR count). The van der Waals surface area contributed by atoms with Gasteiger partial charge in [0.25, 0.3) is 0 Å². The summed E-state index contributed by atoms with van der Waals surface area (Å²) < 4.78 is 0. The minimum absolute atomic E-state index is 0.452. The summed E-state index contributed by atoms with van der Waals surface area (Å²) in [6.07, 6.45) is 1.18. The van der Waals surface area contributed by atoms with E-state index in [1.807, 2.05) is 12.1 Å². The Morgan fingerprint density at radius 1 is 1.25 bits per heavy atom. The third kappa shape index (κ3) is 2.49. The van der Waals surface area contributed by atoms with Gasteiger partial charge in [-0.05, 0) is 37.5 Å². The van der Waals surface area contributed by atoms with E-state index in [-0.39, 0.29) is 0 Å². The summed E-state index contributed by atoms with van der Waals surface area (Å²) >= 11 is 5.14. The van der Waals surface area contributed by atoms with Gasteiger partial charge in [0, 0.05) is 29.2 Å². The van der Waals surface area contributed by atoms with Crippen LogP contribution in [-0.2, 0) is 0 Å². The molecular weight excluding hydrogens is 266 g/mol. The van der Waals surface area contributed by atoms with Crippen LogP contribution in [-0.4, -0.2) is 36.1 Å². The van der Waals surface area contributed by atoms with E-state index in [1.54, 1.807) is 0 Å². The van der Waals surface area contributed by atoms with Gasteiger partial charge in [-0.3, -0.25) is 0 Å². The van der Waals surface area contributed by atoms with E-state index in [0.29, 0.717) is 11.0 Å². The Labute approximate surface area is 124 Å². The second-order valence-corrected chi connectivity index (χ2v) is 5.90. The standard InChI is InChI=1S/C16H19N3S/c1-19-9-8-11(10-19)18-15-7-6-14(16(17)20)12-4-2-3-5-13(12)15/h2-7,11,18H,8-10H2,1H3,(H2,17,20). The number of hydrogen-bond acceptors (Lipinski definition) is 3. The van der Waals surface area contributed by atoms with Crippen LogP contribution in [0.2, 0.25) is 0 Å². The van der Waals surface area contributed by atoms with Crippen LogP contribution in [0.5, 0.6) is 0 Å². The van der Waals surface area contributed by atoms with E-state index in [2.05, 4.69) is 41.5 Å². The van der Waals surface area contributed by atoms with E-state index >= 15 is 0 Å². The van der Waals surface area contributed by atoms with Crippen LogP contribution in [0.1, 0.15) is 12.0 Å². The van der Waals surface area contributed by atoms with E-state index in [0.717, 1.165) is 24.0 Å². The highest BCUT2D eigenvalue weighted by Gasteiger charge is 2.19. The number of anilines is 1. The molecule has 0 spiro atoms. The van der Waals surface area contributed by atoms with Crippen molar-refractivity contribution in [1.29, 1.82) is 0 Å². The highest BCUT2D eigenvalue weighted by molar-refractivity contribution is 7.80. The van der Waals surface area contributed by atoms with Gasteiger partial charge in [-0.2, -0.15) is 0 Å². The largest absolute Gasteiger partial charge is 0.389 e. The van der Waals surface area contributed by atoms with Crippen LogP contribution in [0.3, 0.4) is 0 Å². The molecule has 0 radical (unpaired) electrons. The lowest BCUT2D eigenvalue weighted by Crippen LogP contribution is -2.23. The van der Waals surface area contributed by atoms with Crippen LogP contribution >= 0.6 is 12.2 Å². The van der Waals surface area contributed by atoms with Crippen molar-refractivity contribution in [3.05, 3.63) is 42.0 Å². The molecule has 0 saturated carbocycles. The lowest BCUT2D eigenvalue weighted by molar-refractivity contribution is 0.414. The van der Waals surface area contributed by atoms with Gasteiger partial charge in [0.05, 0.1) is 0 Å². The van der Waals surface area contributed by atoms with Gasteiger partial charge in [-0.1, -0.05) is 36.5 Å². The fourth-order valence-electron chi connectivity index (χ4n) is 2.91. The first-order chi connectivity index (χ1) is 9.65. The predicted molar refractivity (Wildman–Crippen MR) is 89.4 cm³/mol. The monoisotopic (exact) mass is 285 g/mol. The number of likely N-dealkylation sites (tertiary alicyclic amines) is 1. The minimum Gasteiger partial charge on any atom is -0.389 e. The fraction of sp³-hybridized carbons (Fsp3) is 0.312. The van der Waals surface area contributed by atoms with Crippen molar-refractivity contribution in [2.45, 2.75) is 12.5 Å². The topological polar surface area (TPSA) is 41.3 Å². The zero-order valence-electron chi connectivity index (χ0n) is 11.6. The van der Waals surface area contributed by atoms with Crippen molar-refractivity contribution in [2.24, 2.45) is 5.73 Å². The van der Waals surface area contributed by atoms with E-state index in [1.165, 1.54) is 17.5 Å². The molecule has 1 unspecified atom stereocenters. The molecule has 3 nitrogen and oxygen atoms in total. The number of nitrogens with zero attached hydrogens (tertiary/aromatic N) is 1. The SMILES string of the molecule is CN1CCC(Nc2ccc(C(N)=S)c3ccccc23)C1. The molecule has 1 aliphatic heterocycles. The first-order valence-corrected chi connectivity index (χ1v) is 7.32. The average molecular weight is 285 g/mol. The normalized spacial score (nSPS) is 19.4. The molecule has 0 bridgehead atoms. The maximum Gasteiger partial charge on any atom is 0.104 e. The van der Waals surface area contributed by atoms with Gasteiger partial charge in [0.15, 0.2) is 0 Å². The molecule has 1 heterocycles. The molecule has 1 aliphatic rings. The molecule has 2 aromatic rings. The molecule has 20 heavy (non-hydrogen) atoms. The van der Waals surface area contributed by atoms with Crippen molar-refractivity contribution in [2.75, 3.05) is 25.5 Å². The fourth-order valence-corrected chi connectivity index (χ4v) is 3.09. The van der Waals surface area contributed by atoms with Crippen LogP contribution < -0.4 is 11.1 Å². The van der Waals surface area contributed by atoms with E-state index in [4.69, 9.17) is 18.0 Å². The number of rotatable bonds is 3. The predicted octanol–water partition coefficient (Wildman–Crippen LogP) is 2.59. The summed E-state index contributed by atoms with van der Waals surface area (Å²) in [7, 11) is 2.16. The van der Waals surface area contributed by atoms with Crippen LogP contribution in [0.25, 0.3) is 10.8 Å². The lowest BCUT2D eigenvalue weighted by Gasteiger charge is -2.17. The molecule has 0 amide bonds. The van der Waals surface area contributed by atoms with Gasteiger partial charge in [0.1, 0.15) is 4.99 Å². The highest BCUT2D eigenvalue weighted by atomic mass is 32.1. The molecule has 1 fully saturated rings. The average Bonchev–Trinajstić information content (AvgIpc) is 2.84. The van der Waals surface area contributed by atoms with E-state index < -0.39 is 0 Å². The third-order valence-corrected chi connectivity index (χ3v) is 4.16. The van der Waals surface area contributed by atoms with Crippen molar-refractivity contribution in [3.63, 3.8) is 0 Å². The van der Waals surface area contributed by atoms with Crippen molar-refractivity contribution >= 4 is 33.7 Å². The van der Waals surface area contributed by atoms with Crippen LogP contribution in [0.15, 0.2) is 36.4 Å². The molecule has 3 N–H and O–H groups in total. The molecule has 0 aliphatic carbocycles. The van der Waals surface area contributed by atoms with Gasteiger partial charge >= 0.3 is 0 Å². The Morgan fingerprint density at radius 3 is 2.65 bits per heavy atom. The number of fused-ring (bicyclic) bond motifs is 1. The smallest absolute Gasteiger partial charge is 0.104 e. The summed E-state index contributed by atoms with van der Waals surface area (Å²) in [6.45, 7) is 2.24. The summed E-state index contributed by atoms with van der Waals surface area (Å²) in [4.78, 5) is 2.80. The molecule has 1 atom stereocenters. The molecule has 104 valence electrons. The highest BCUT2D eigenvalue weighted by Crippen LogP contribution is 2.28. The van der Waals surface area contributed by atoms with Crippen LogP contribution in [0, 0.1) is 0 Å². The summed E-state index contributed by atoms with van der Waals surface area (Å²) in [6, 6.07) is 12.9. The van der Waals surface area contributed by atoms with E-state index in [9.17, 15) is 0 Å². The number of nitrogens with one attached hydrogen (secondary N) is 1. The quantitative estimate of drug-likeness (QED) is 0.851. The van der Waals surface area contributed by atoms with Gasteiger partial charge in [0.2, 0.25) is 0 Å². The first-order valence-electron chi connectivity index (χ1n) is 6.92. The summed E-state index contributed by atoms with van der Waals surface area (Å²) in [5.74, 6) is 0. The second-order valence-electron chi connectivity index (χ2n) is 5.46. The van der Waals surface area contributed by atoms with Gasteiger partial charge in [-0.15, -0.1) is 0 Å². The van der Waals surface area contributed by atoms with Crippen molar-refractivity contribution < 1.29 is 0 Å². The molecule has 2 aromatic carbocycles. The number of nitrogens with two attached hydrogens (primary N) is 1. The Balaban J connectivity index is 2.00.